The second kappa shape index (κ2) is 7.43. The number of para-hydroxylation sites is 2. The van der Waals surface area contributed by atoms with Gasteiger partial charge in [-0.25, -0.2) is 4.98 Å². The summed E-state index contributed by atoms with van der Waals surface area (Å²) in [5, 5.41) is 3.19. The fraction of sp³-hybridized carbons (Fsp3) is 0.364. The van der Waals surface area contributed by atoms with Gasteiger partial charge in [-0.05, 0) is 35.2 Å². The molecule has 2 unspecified atom stereocenters. The van der Waals surface area contributed by atoms with Crippen LogP contribution in [0, 0.1) is 5.92 Å². The predicted octanol–water partition coefficient (Wildman–Crippen LogP) is 3.94. The number of rotatable bonds is 6. The zero-order valence-corrected chi connectivity index (χ0v) is 15.8. The largest absolute Gasteiger partial charge is 0.493 e. The minimum atomic E-state index is -0.138. The Balaban J connectivity index is 1.52. The van der Waals surface area contributed by atoms with Crippen LogP contribution in [0.4, 0.5) is 0 Å². The van der Waals surface area contributed by atoms with Gasteiger partial charge < -0.3 is 15.0 Å². The van der Waals surface area contributed by atoms with E-state index in [1.807, 2.05) is 36.4 Å². The van der Waals surface area contributed by atoms with Crippen LogP contribution >= 0.6 is 0 Å². The van der Waals surface area contributed by atoms with Crippen LogP contribution in [-0.2, 0) is 17.6 Å². The maximum absolute atomic E-state index is 12.7. The van der Waals surface area contributed by atoms with E-state index in [9.17, 15) is 4.79 Å². The van der Waals surface area contributed by atoms with E-state index in [0.29, 0.717) is 6.42 Å². The first-order chi connectivity index (χ1) is 13.1. The van der Waals surface area contributed by atoms with Gasteiger partial charge in [0.2, 0.25) is 5.91 Å². The lowest BCUT2D eigenvalue weighted by molar-refractivity contribution is -0.121. The first-order valence-electron chi connectivity index (χ1n) is 9.62. The molecule has 0 saturated carbocycles. The number of aromatic nitrogens is 2. The van der Waals surface area contributed by atoms with Gasteiger partial charge in [0, 0.05) is 6.42 Å². The zero-order valence-electron chi connectivity index (χ0n) is 15.8. The summed E-state index contributed by atoms with van der Waals surface area (Å²) in [7, 11) is 0. The summed E-state index contributed by atoms with van der Waals surface area (Å²) in [6.07, 6.45) is 2.24. The minimum Gasteiger partial charge on any atom is -0.493 e. The summed E-state index contributed by atoms with van der Waals surface area (Å²) < 4.78 is 5.61. The molecule has 0 saturated heterocycles. The summed E-state index contributed by atoms with van der Waals surface area (Å²) >= 11 is 0. The van der Waals surface area contributed by atoms with Crippen molar-refractivity contribution in [2.45, 2.75) is 39.2 Å². The molecule has 2 aromatic carbocycles. The zero-order chi connectivity index (χ0) is 18.8. The van der Waals surface area contributed by atoms with Crippen molar-refractivity contribution in [1.29, 1.82) is 0 Å². The van der Waals surface area contributed by atoms with Crippen LogP contribution < -0.4 is 10.1 Å². The quantitative estimate of drug-likeness (QED) is 0.697. The van der Waals surface area contributed by atoms with E-state index in [0.717, 1.165) is 47.6 Å². The lowest BCUT2D eigenvalue weighted by atomic mass is 9.98. The van der Waals surface area contributed by atoms with Gasteiger partial charge in [0.05, 0.1) is 30.1 Å². The van der Waals surface area contributed by atoms with Gasteiger partial charge in [0.25, 0.3) is 0 Å². The molecule has 4 rings (SSSR count). The molecule has 2 atom stereocenters. The minimum absolute atomic E-state index is 0.00120. The van der Waals surface area contributed by atoms with Crippen LogP contribution in [0.1, 0.15) is 43.3 Å². The number of carbonyl (C=O) groups is 1. The number of hydrogen-bond donors (Lipinski definition) is 2. The molecule has 3 aromatic rings. The van der Waals surface area contributed by atoms with Crippen LogP contribution in [0.2, 0.25) is 0 Å². The lowest BCUT2D eigenvalue weighted by Gasteiger charge is -2.22. The van der Waals surface area contributed by atoms with Crippen molar-refractivity contribution in [2.24, 2.45) is 5.92 Å². The number of nitrogens with one attached hydrogen (secondary N) is 2. The van der Waals surface area contributed by atoms with E-state index in [1.165, 1.54) is 5.56 Å². The molecule has 0 bridgehead atoms. The number of fused-ring (bicyclic) bond motifs is 2. The molecule has 1 amide bonds. The van der Waals surface area contributed by atoms with Gasteiger partial charge in [-0.3, -0.25) is 4.79 Å². The summed E-state index contributed by atoms with van der Waals surface area (Å²) in [5.74, 6) is 2.00. The summed E-state index contributed by atoms with van der Waals surface area (Å²) in [6.45, 7) is 5.00. The van der Waals surface area contributed by atoms with Crippen molar-refractivity contribution >= 4 is 16.9 Å². The average Bonchev–Trinajstić information content (AvgIpc) is 3.31. The van der Waals surface area contributed by atoms with Crippen LogP contribution in [0.15, 0.2) is 42.5 Å². The molecule has 27 heavy (non-hydrogen) atoms. The highest BCUT2D eigenvalue weighted by Gasteiger charge is 2.24. The molecule has 0 radical (unpaired) electrons. The third kappa shape index (κ3) is 3.68. The highest BCUT2D eigenvalue weighted by atomic mass is 16.5. The highest BCUT2D eigenvalue weighted by Crippen LogP contribution is 2.27. The fourth-order valence-corrected chi connectivity index (χ4v) is 3.57. The Morgan fingerprint density at radius 2 is 2.15 bits per heavy atom. The standard InChI is InChI=1S/C22H25N3O2/c1-3-14(2)21(22-23-17-6-4-5-7-18(17)24-22)25-20(26)13-15-8-9-16-10-11-27-19(16)12-15/h4-9,12,14,21H,3,10-11,13H2,1-2H3,(H,23,24)(H,25,26). The molecule has 2 heterocycles. The Bertz CT molecular complexity index is 930. The monoisotopic (exact) mass is 363 g/mol. The Hall–Kier alpha value is -2.82. The van der Waals surface area contributed by atoms with Crippen molar-refractivity contribution < 1.29 is 9.53 Å². The van der Waals surface area contributed by atoms with E-state index in [1.54, 1.807) is 0 Å². The fourth-order valence-electron chi connectivity index (χ4n) is 3.57. The third-order valence-electron chi connectivity index (χ3n) is 5.36. The van der Waals surface area contributed by atoms with Crippen molar-refractivity contribution in [3.8, 4) is 5.75 Å². The summed E-state index contributed by atoms with van der Waals surface area (Å²) in [5.41, 5.74) is 4.11. The molecular weight excluding hydrogens is 338 g/mol. The number of benzene rings is 2. The molecule has 1 aliphatic rings. The van der Waals surface area contributed by atoms with Crippen LogP contribution in [0.25, 0.3) is 11.0 Å². The number of carbonyl (C=O) groups excluding carboxylic acids is 1. The van der Waals surface area contributed by atoms with E-state index in [2.05, 4.69) is 30.2 Å². The number of ether oxygens (including phenoxy) is 1. The number of amides is 1. The van der Waals surface area contributed by atoms with Gasteiger partial charge in [0.1, 0.15) is 11.6 Å². The molecule has 0 spiro atoms. The van der Waals surface area contributed by atoms with Crippen molar-refractivity contribution in [1.82, 2.24) is 15.3 Å². The summed E-state index contributed by atoms with van der Waals surface area (Å²) in [6, 6.07) is 13.9. The predicted molar refractivity (Wildman–Crippen MR) is 106 cm³/mol. The van der Waals surface area contributed by atoms with E-state index < -0.39 is 0 Å². The van der Waals surface area contributed by atoms with E-state index in [-0.39, 0.29) is 17.9 Å². The first kappa shape index (κ1) is 17.6. The molecule has 1 aromatic heterocycles. The van der Waals surface area contributed by atoms with Crippen molar-refractivity contribution in [3.63, 3.8) is 0 Å². The summed E-state index contributed by atoms with van der Waals surface area (Å²) in [4.78, 5) is 20.8. The number of aromatic amines is 1. The van der Waals surface area contributed by atoms with Crippen LogP contribution in [-0.4, -0.2) is 22.5 Å². The van der Waals surface area contributed by atoms with Gasteiger partial charge in [-0.1, -0.05) is 44.5 Å². The molecule has 5 heteroatoms. The molecule has 2 N–H and O–H groups in total. The molecule has 5 nitrogen and oxygen atoms in total. The number of imidazole rings is 1. The van der Waals surface area contributed by atoms with Crippen LogP contribution in [0.3, 0.4) is 0 Å². The Morgan fingerprint density at radius 1 is 1.30 bits per heavy atom. The highest BCUT2D eigenvalue weighted by molar-refractivity contribution is 5.79. The van der Waals surface area contributed by atoms with Gasteiger partial charge in [0.15, 0.2) is 0 Å². The maximum atomic E-state index is 12.7. The number of nitrogens with zero attached hydrogens (tertiary/aromatic N) is 1. The molecule has 0 fully saturated rings. The van der Waals surface area contributed by atoms with Crippen molar-refractivity contribution in [2.75, 3.05) is 6.61 Å². The van der Waals surface area contributed by atoms with Crippen molar-refractivity contribution in [3.05, 3.63) is 59.4 Å². The Labute approximate surface area is 159 Å². The first-order valence-corrected chi connectivity index (χ1v) is 9.62. The Kier molecular flexibility index (Phi) is 4.84. The molecule has 0 aliphatic carbocycles. The topological polar surface area (TPSA) is 67.0 Å². The Morgan fingerprint density at radius 3 is 2.96 bits per heavy atom. The second-order valence-electron chi connectivity index (χ2n) is 7.29. The molecular formula is C22H25N3O2. The van der Waals surface area contributed by atoms with Gasteiger partial charge in [-0.15, -0.1) is 0 Å². The third-order valence-corrected chi connectivity index (χ3v) is 5.36. The van der Waals surface area contributed by atoms with Crippen LogP contribution in [0.5, 0.6) is 5.75 Å². The average molecular weight is 363 g/mol. The van der Waals surface area contributed by atoms with E-state index >= 15 is 0 Å². The molecule has 1 aliphatic heterocycles. The smallest absolute Gasteiger partial charge is 0.225 e. The maximum Gasteiger partial charge on any atom is 0.225 e. The van der Waals surface area contributed by atoms with E-state index in [4.69, 9.17) is 9.72 Å². The SMILES string of the molecule is CCC(C)C(NC(=O)Cc1ccc2c(c1)OCC2)c1nc2ccccc2[nH]1. The second-order valence-corrected chi connectivity index (χ2v) is 7.29. The molecule has 140 valence electrons. The number of hydrogen-bond acceptors (Lipinski definition) is 3. The number of H-pyrrole nitrogens is 1. The van der Waals surface area contributed by atoms with Gasteiger partial charge >= 0.3 is 0 Å². The lowest BCUT2D eigenvalue weighted by Crippen LogP contribution is -2.34. The van der Waals surface area contributed by atoms with Gasteiger partial charge in [-0.2, -0.15) is 0 Å². The normalized spacial score (nSPS) is 15.2.